The van der Waals surface area contributed by atoms with E-state index in [0.29, 0.717) is 6.10 Å². The van der Waals surface area contributed by atoms with E-state index in [9.17, 15) is 0 Å². The van der Waals surface area contributed by atoms with Gasteiger partial charge in [-0.3, -0.25) is 4.99 Å². The number of thiazole rings is 1. The van der Waals surface area contributed by atoms with Gasteiger partial charge < -0.3 is 15.0 Å². The molecule has 1 aliphatic heterocycles. The number of guanidine groups is 1. The molecular formula is C20H34N4OS2. The second kappa shape index (κ2) is 11.9. The molecular weight excluding hydrogens is 376 g/mol. The molecule has 0 unspecified atom stereocenters. The quantitative estimate of drug-likeness (QED) is 0.285. The van der Waals surface area contributed by atoms with E-state index in [4.69, 9.17) is 9.73 Å². The van der Waals surface area contributed by atoms with Crippen molar-refractivity contribution < 1.29 is 4.74 Å². The minimum atomic E-state index is 0.444. The predicted octanol–water partition coefficient (Wildman–Crippen LogP) is 4.26. The fourth-order valence-electron chi connectivity index (χ4n) is 3.80. The second-order valence-electron chi connectivity index (χ2n) is 7.41. The van der Waals surface area contributed by atoms with Crippen molar-refractivity contribution >= 4 is 29.1 Å². The molecule has 5 nitrogen and oxygen atoms in total. The molecule has 0 spiro atoms. The molecule has 0 amide bonds. The van der Waals surface area contributed by atoms with Crippen LogP contribution >= 0.6 is 23.1 Å². The molecule has 2 aliphatic rings. The number of aliphatic imine (C=N–C) groups is 1. The van der Waals surface area contributed by atoms with E-state index < -0.39 is 0 Å². The molecule has 0 radical (unpaired) electrons. The van der Waals surface area contributed by atoms with E-state index in [1.165, 1.54) is 25.7 Å². The van der Waals surface area contributed by atoms with Crippen LogP contribution in [0.1, 0.15) is 51.9 Å². The van der Waals surface area contributed by atoms with Gasteiger partial charge >= 0.3 is 0 Å². The highest BCUT2D eigenvalue weighted by Crippen LogP contribution is 2.26. The predicted molar refractivity (Wildman–Crippen MR) is 116 cm³/mol. The van der Waals surface area contributed by atoms with Crippen molar-refractivity contribution in [3.8, 4) is 0 Å². The van der Waals surface area contributed by atoms with Crippen molar-refractivity contribution in [3.05, 3.63) is 11.6 Å². The standard InChI is InChI=1S/C20H34N4OS2/c1-2-21-19(22-10-5-14-26-20-23-11-15-27-20)24-12-8-18(9-13-24)25-16-17-6-3-4-7-17/h11,15,17-18H,2-10,12-14,16H2,1H3,(H,21,22). The van der Waals surface area contributed by atoms with Gasteiger partial charge in [0.05, 0.1) is 6.10 Å². The Morgan fingerprint density at radius 3 is 2.85 bits per heavy atom. The van der Waals surface area contributed by atoms with Gasteiger partial charge in [0.2, 0.25) is 0 Å². The number of likely N-dealkylation sites (tertiary alicyclic amines) is 1. The van der Waals surface area contributed by atoms with Gasteiger partial charge in [0, 0.05) is 50.1 Å². The number of aromatic nitrogens is 1. The fourth-order valence-corrected chi connectivity index (χ4v) is 5.43. The summed E-state index contributed by atoms with van der Waals surface area (Å²) >= 11 is 3.55. The maximum atomic E-state index is 6.21. The first kappa shape index (κ1) is 20.9. The van der Waals surface area contributed by atoms with E-state index in [1.807, 2.05) is 23.3 Å². The number of thioether (sulfide) groups is 1. The molecule has 2 heterocycles. The molecule has 1 aromatic heterocycles. The van der Waals surface area contributed by atoms with E-state index in [-0.39, 0.29) is 0 Å². The summed E-state index contributed by atoms with van der Waals surface area (Å²) < 4.78 is 7.37. The highest BCUT2D eigenvalue weighted by atomic mass is 32.2. The summed E-state index contributed by atoms with van der Waals surface area (Å²) in [5.41, 5.74) is 0. The lowest BCUT2D eigenvalue weighted by Gasteiger charge is -2.34. The lowest BCUT2D eigenvalue weighted by Crippen LogP contribution is -2.47. The van der Waals surface area contributed by atoms with Crippen molar-refractivity contribution in [2.45, 2.75) is 62.3 Å². The summed E-state index contributed by atoms with van der Waals surface area (Å²) in [5, 5.41) is 5.50. The molecule has 1 saturated carbocycles. The van der Waals surface area contributed by atoms with Crippen LogP contribution in [0.2, 0.25) is 0 Å². The molecule has 0 aromatic carbocycles. The van der Waals surface area contributed by atoms with Crippen LogP contribution < -0.4 is 5.32 Å². The molecule has 1 N–H and O–H groups in total. The summed E-state index contributed by atoms with van der Waals surface area (Å²) in [6.07, 6.45) is 11.2. The van der Waals surface area contributed by atoms with Gasteiger partial charge in [0.25, 0.3) is 0 Å². The third-order valence-corrected chi connectivity index (χ3v) is 7.37. The van der Waals surface area contributed by atoms with E-state index in [1.54, 1.807) is 11.3 Å². The molecule has 27 heavy (non-hydrogen) atoms. The zero-order chi connectivity index (χ0) is 18.7. The van der Waals surface area contributed by atoms with Gasteiger partial charge in [0.15, 0.2) is 5.96 Å². The monoisotopic (exact) mass is 410 g/mol. The third kappa shape index (κ3) is 7.27. The molecule has 0 atom stereocenters. The van der Waals surface area contributed by atoms with Crippen molar-refractivity contribution in [2.75, 3.05) is 38.5 Å². The highest BCUT2D eigenvalue weighted by Gasteiger charge is 2.23. The van der Waals surface area contributed by atoms with Crippen LogP contribution in [-0.2, 0) is 4.74 Å². The van der Waals surface area contributed by atoms with Crippen molar-refractivity contribution in [2.24, 2.45) is 10.9 Å². The number of hydrogen-bond donors (Lipinski definition) is 1. The van der Waals surface area contributed by atoms with E-state index in [0.717, 1.165) is 74.0 Å². The Balaban J connectivity index is 1.35. The molecule has 1 aromatic rings. The SMILES string of the molecule is CCNC(=NCCCSc1nccs1)N1CCC(OCC2CCCC2)CC1. The Morgan fingerprint density at radius 2 is 2.15 bits per heavy atom. The summed E-state index contributed by atoms with van der Waals surface area (Å²) in [6.45, 7) is 7.02. The van der Waals surface area contributed by atoms with Crippen LogP contribution in [0.15, 0.2) is 20.9 Å². The number of hydrogen-bond acceptors (Lipinski definition) is 5. The van der Waals surface area contributed by atoms with Gasteiger partial charge in [-0.05, 0) is 44.9 Å². The zero-order valence-electron chi connectivity index (χ0n) is 16.6. The summed E-state index contributed by atoms with van der Waals surface area (Å²) in [6, 6.07) is 0. The Kier molecular flexibility index (Phi) is 9.24. The van der Waals surface area contributed by atoms with Crippen LogP contribution in [-0.4, -0.2) is 60.5 Å². The molecule has 3 rings (SSSR count). The number of ether oxygens (including phenoxy) is 1. The Hall–Kier alpha value is -0.790. The molecule has 0 bridgehead atoms. The number of piperidine rings is 1. The van der Waals surface area contributed by atoms with Crippen molar-refractivity contribution in [1.82, 2.24) is 15.2 Å². The summed E-state index contributed by atoms with van der Waals surface area (Å²) in [7, 11) is 0. The normalized spacial score (nSPS) is 19.7. The Morgan fingerprint density at radius 1 is 1.33 bits per heavy atom. The van der Waals surface area contributed by atoms with Crippen molar-refractivity contribution in [1.29, 1.82) is 0 Å². The number of rotatable bonds is 9. The van der Waals surface area contributed by atoms with E-state index in [2.05, 4.69) is 22.1 Å². The van der Waals surface area contributed by atoms with Gasteiger partial charge in [-0.25, -0.2) is 4.98 Å². The van der Waals surface area contributed by atoms with E-state index >= 15 is 0 Å². The minimum Gasteiger partial charge on any atom is -0.378 e. The van der Waals surface area contributed by atoms with Gasteiger partial charge in [-0.1, -0.05) is 24.6 Å². The average molecular weight is 411 g/mol. The number of nitrogens with zero attached hydrogens (tertiary/aromatic N) is 3. The lowest BCUT2D eigenvalue weighted by molar-refractivity contribution is 0.00102. The molecule has 7 heteroatoms. The van der Waals surface area contributed by atoms with Crippen LogP contribution in [0.25, 0.3) is 0 Å². The topological polar surface area (TPSA) is 49.8 Å². The second-order valence-corrected chi connectivity index (χ2v) is 9.64. The smallest absolute Gasteiger partial charge is 0.193 e. The Bertz CT molecular complexity index is 538. The summed E-state index contributed by atoms with van der Waals surface area (Å²) in [5.74, 6) is 2.98. The van der Waals surface area contributed by atoms with Gasteiger partial charge in [-0.15, -0.1) is 11.3 Å². The molecule has 1 aliphatic carbocycles. The third-order valence-electron chi connectivity index (χ3n) is 5.32. The zero-order valence-corrected chi connectivity index (χ0v) is 18.2. The van der Waals surface area contributed by atoms with Crippen LogP contribution in [0.3, 0.4) is 0 Å². The average Bonchev–Trinajstić information content (AvgIpc) is 3.40. The van der Waals surface area contributed by atoms with Crippen LogP contribution in [0.4, 0.5) is 0 Å². The Labute approximate surface area is 172 Å². The molecule has 2 fully saturated rings. The fraction of sp³-hybridized carbons (Fsp3) is 0.800. The maximum absolute atomic E-state index is 6.21. The van der Waals surface area contributed by atoms with Crippen LogP contribution in [0, 0.1) is 5.92 Å². The number of nitrogens with one attached hydrogen (secondary N) is 1. The summed E-state index contributed by atoms with van der Waals surface area (Å²) in [4.78, 5) is 11.6. The largest absolute Gasteiger partial charge is 0.378 e. The van der Waals surface area contributed by atoms with Gasteiger partial charge in [0.1, 0.15) is 4.34 Å². The molecule has 1 saturated heterocycles. The highest BCUT2D eigenvalue weighted by molar-refractivity contribution is 8.00. The first-order valence-electron chi connectivity index (χ1n) is 10.5. The maximum Gasteiger partial charge on any atom is 0.193 e. The first-order chi connectivity index (χ1) is 13.3. The van der Waals surface area contributed by atoms with Crippen LogP contribution in [0.5, 0.6) is 0 Å². The minimum absolute atomic E-state index is 0.444. The first-order valence-corrected chi connectivity index (χ1v) is 12.4. The lowest BCUT2D eigenvalue weighted by atomic mass is 10.1. The van der Waals surface area contributed by atoms with Crippen molar-refractivity contribution in [3.63, 3.8) is 0 Å². The molecule has 152 valence electrons. The van der Waals surface area contributed by atoms with Gasteiger partial charge in [-0.2, -0.15) is 0 Å².